The van der Waals surface area contributed by atoms with Gasteiger partial charge >= 0.3 is 6.09 Å². The molecule has 0 fully saturated rings. The summed E-state index contributed by atoms with van der Waals surface area (Å²) >= 11 is 3.28. The van der Waals surface area contributed by atoms with E-state index >= 15 is 0 Å². The molecule has 0 aliphatic carbocycles. The van der Waals surface area contributed by atoms with E-state index < -0.39 is 6.09 Å². The number of hydrogen-bond donors (Lipinski definition) is 1. The third-order valence-corrected chi connectivity index (χ3v) is 2.18. The topological polar surface area (TPSA) is 51.2 Å². The Labute approximate surface area is 97.2 Å². The van der Waals surface area contributed by atoms with E-state index in [1.54, 1.807) is 18.3 Å². The van der Waals surface area contributed by atoms with Crippen LogP contribution in [0.2, 0.25) is 0 Å². The molecule has 1 heterocycles. The molecule has 5 heteroatoms. The van der Waals surface area contributed by atoms with E-state index in [-0.39, 0.29) is 0 Å². The minimum atomic E-state index is -0.464. The Bertz CT molecular complexity index is 331. The Morgan fingerprint density at radius 2 is 2.47 bits per heavy atom. The minimum Gasteiger partial charge on any atom is -0.449 e. The van der Waals surface area contributed by atoms with Gasteiger partial charge in [0.1, 0.15) is 5.82 Å². The van der Waals surface area contributed by atoms with Crippen LogP contribution in [0.25, 0.3) is 0 Å². The number of halogens is 1. The Morgan fingerprint density at radius 1 is 1.67 bits per heavy atom. The van der Waals surface area contributed by atoms with Crippen molar-refractivity contribution in [2.24, 2.45) is 0 Å². The molecule has 0 radical (unpaired) electrons. The van der Waals surface area contributed by atoms with E-state index in [0.717, 1.165) is 17.3 Å². The van der Waals surface area contributed by atoms with Crippen molar-refractivity contribution in [3.63, 3.8) is 0 Å². The second-order valence-corrected chi connectivity index (χ2v) is 3.89. The first-order valence-corrected chi connectivity index (χ1v) is 5.57. The van der Waals surface area contributed by atoms with Crippen molar-refractivity contribution in [1.29, 1.82) is 0 Å². The smallest absolute Gasteiger partial charge is 0.412 e. The molecule has 0 saturated heterocycles. The maximum absolute atomic E-state index is 11.2. The van der Waals surface area contributed by atoms with Gasteiger partial charge in [0.25, 0.3) is 0 Å². The maximum atomic E-state index is 11.2. The summed E-state index contributed by atoms with van der Waals surface area (Å²) in [6.07, 6.45) is 3.02. The molecule has 15 heavy (non-hydrogen) atoms. The predicted molar refractivity (Wildman–Crippen MR) is 61.8 cm³/mol. The Balaban J connectivity index is 2.37. The molecule has 0 unspecified atom stereocenters. The van der Waals surface area contributed by atoms with Gasteiger partial charge in [-0.3, -0.25) is 5.32 Å². The minimum absolute atomic E-state index is 0.441. The average molecular weight is 273 g/mol. The highest BCUT2D eigenvalue weighted by molar-refractivity contribution is 9.10. The van der Waals surface area contributed by atoms with Gasteiger partial charge in [0, 0.05) is 10.7 Å². The fourth-order valence-corrected chi connectivity index (χ4v) is 1.26. The summed E-state index contributed by atoms with van der Waals surface area (Å²) in [6.45, 7) is 2.48. The summed E-state index contributed by atoms with van der Waals surface area (Å²) in [4.78, 5) is 15.2. The van der Waals surface area contributed by atoms with Crippen LogP contribution in [-0.2, 0) is 4.74 Å². The zero-order chi connectivity index (χ0) is 11.1. The Morgan fingerprint density at radius 3 is 3.13 bits per heavy atom. The number of pyridine rings is 1. The van der Waals surface area contributed by atoms with Crippen LogP contribution in [-0.4, -0.2) is 17.7 Å². The molecule has 82 valence electrons. The van der Waals surface area contributed by atoms with Crippen LogP contribution < -0.4 is 5.32 Å². The van der Waals surface area contributed by atoms with Crippen LogP contribution in [0.1, 0.15) is 19.8 Å². The summed E-state index contributed by atoms with van der Waals surface area (Å²) in [5.41, 5.74) is 0. The van der Waals surface area contributed by atoms with Crippen LogP contribution in [0.5, 0.6) is 0 Å². The second-order valence-electron chi connectivity index (χ2n) is 2.97. The van der Waals surface area contributed by atoms with Crippen LogP contribution in [0.15, 0.2) is 22.8 Å². The van der Waals surface area contributed by atoms with Gasteiger partial charge in [0.2, 0.25) is 0 Å². The summed E-state index contributed by atoms with van der Waals surface area (Å²) in [6, 6.07) is 3.49. The van der Waals surface area contributed by atoms with Gasteiger partial charge in [-0.05, 0) is 18.6 Å². The molecule has 0 atom stereocenters. The van der Waals surface area contributed by atoms with Gasteiger partial charge in [0.05, 0.1) is 6.61 Å². The third-order valence-electron chi connectivity index (χ3n) is 1.68. The molecular formula is C10H13BrN2O2. The van der Waals surface area contributed by atoms with Gasteiger partial charge < -0.3 is 4.74 Å². The summed E-state index contributed by atoms with van der Waals surface area (Å²) in [7, 11) is 0. The Hall–Kier alpha value is -1.10. The lowest BCUT2D eigenvalue weighted by molar-refractivity contribution is 0.160. The number of carbonyl (C=O) groups excluding carboxylic acids is 1. The van der Waals surface area contributed by atoms with E-state index in [4.69, 9.17) is 4.74 Å². The standard InChI is InChI=1S/C10H13BrN2O2/c1-2-3-6-15-10(14)13-9-7-8(11)4-5-12-9/h4-5,7H,2-3,6H2,1H3,(H,12,13,14). The average Bonchev–Trinajstić information content (AvgIpc) is 2.18. The second kappa shape index (κ2) is 6.40. The quantitative estimate of drug-likeness (QED) is 0.857. The van der Waals surface area contributed by atoms with E-state index in [9.17, 15) is 4.79 Å². The highest BCUT2D eigenvalue weighted by Crippen LogP contribution is 2.12. The van der Waals surface area contributed by atoms with Crippen molar-refractivity contribution >= 4 is 27.8 Å². The predicted octanol–water partition coefficient (Wildman–Crippen LogP) is 3.19. The lowest BCUT2D eigenvalue weighted by Crippen LogP contribution is -2.15. The van der Waals surface area contributed by atoms with Crippen molar-refractivity contribution in [3.05, 3.63) is 22.8 Å². The van der Waals surface area contributed by atoms with Crippen LogP contribution >= 0.6 is 15.9 Å². The zero-order valence-electron chi connectivity index (χ0n) is 8.50. The zero-order valence-corrected chi connectivity index (χ0v) is 10.1. The molecule has 0 aromatic carbocycles. The van der Waals surface area contributed by atoms with Gasteiger partial charge in [-0.25, -0.2) is 9.78 Å². The molecule has 4 nitrogen and oxygen atoms in total. The van der Waals surface area contributed by atoms with Crippen LogP contribution in [0.4, 0.5) is 10.6 Å². The highest BCUT2D eigenvalue weighted by atomic mass is 79.9. The van der Waals surface area contributed by atoms with Gasteiger partial charge in [-0.1, -0.05) is 29.3 Å². The summed E-state index contributed by atoms with van der Waals surface area (Å²) in [5, 5.41) is 2.54. The molecule has 0 spiro atoms. The molecule has 1 aromatic heterocycles. The molecule has 0 bridgehead atoms. The fourth-order valence-electron chi connectivity index (χ4n) is 0.923. The normalized spacial score (nSPS) is 9.73. The van der Waals surface area contributed by atoms with Crippen molar-refractivity contribution in [3.8, 4) is 0 Å². The first-order valence-electron chi connectivity index (χ1n) is 4.77. The number of rotatable bonds is 4. The number of carbonyl (C=O) groups is 1. The van der Waals surface area contributed by atoms with Crippen LogP contribution in [0, 0.1) is 0 Å². The van der Waals surface area contributed by atoms with E-state index in [0.29, 0.717) is 12.4 Å². The number of amides is 1. The molecule has 1 amide bonds. The SMILES string of the molecule is CCCCOC(=O)Nc1cc(Br)ccn1. The number of nitrogens with one attached hydrogen (secondary N) is 1. The summed E-state index contributed by atoms with van der Waals surface area (Å²) in [5.74, 6) is 0.478. The molecule has 1 rings (SSSR count). The number of nitrogens with zero attached hydrogens (tertiary/aromatic N) is 1. The van der Waals surface area contributed by atoms with Crippen molar-refractivity contribution in [2.75, 3.05) is 11.9 Å². The first-order chi connectivity index (χ1) is 7.22. The largest absolute Gasteiger partial charge is 0.449 e. The Kier molecular flexibility index (Phi) is 5.10. The molecular weight excluding hydrogens is 260 g/mol. The van der Waals surface area contributed by atoms with E-state index in [2.05, 4.69) is 26.2 Å². The van der Waals surface area contributed by atoms with Crippen molar-refractivity contribution in [2.45, 2.75) is 19.8 Å². The number of unbranched alkanes of at least 4 members (excludes halogenated alkanes) is 1. The van der Waals surface area contributed by atoms with Gasteiger partial charge in [0.15, 0.2) is 0 Å². The van der Waals surface area contributed by atoms with Gasteiger partial charge in [-0.2, -0.15) is 0 Å². The number of aromatic nitrogens is 1. The molecule has 0 saturated carbocycles. The summed E-state index contributed by atoms with van der Waals surface area (Å²) < 4.78 is 5.78. The molecule has 0 aliphatic heterocycles. The van der Waals surface area contributed by atoms with Gasteiger partial charge in [-0.15, -0.1) is 0 Å². The van der Waals surface area contributed by atoms with E-state index in [1.165, 1.54) is 0 Å². The highest BCUT2D eigenvalue weighted by Gasteiger charge is 2.03. The van der Waals surface area contributed by atoms with Crippen molar-refractivity contribution < 1.29 is 9.53 Å². The third kappa shape index (κ3) is 4.78. The van der Waals surface area contributed by atoms with Crippen molar-refractivity contribution in [1.82, 2.24) is 4.98 Å². The first kappa shape index (κ1) is 12.0. The lowest BCUT2D eigenvalue weighted by atomic mass is 10.4. The maximum Gasteiger partial charge on any atom is 0.412 e. The number of ether oxygens (including phenoxy) is 1. The lowest BCUT2D eigenvalue weighted by Gasteiger charge is -2.05. The number of anilines is 1. The molecule has 1 N–H and O–H groups in total. The van der Waals surface area contributed by atoms with Crippen LogP contribution in [0.3, 0.4) is 0 Å². The number of hydrogen-bond acceptors (Lipinski definition) is 3. The molecule has 1 aromatic rings. The fraction of sp³-hybridized carbons (Fsp3) is 0.400. The molecule has 0 aliphatic rings. The monoisotopic (exact) mass is 272 g/mol. The van der Waals surface area contributed by atoms with E-state index in [1.807, 2.05) is 6.92 Å².